The lowest BCUT2D eigenvalue weighted by Gasteiger charge is -2.22. The molecular formula is C11H16FNS. The average Bonchev–Trinajstić information content (AvgIpc) is 2.21. The third kappa shape index (κ3) is 3.22. The van der Waals surface area contributed by atoms with E-state index in [0.29, 0.717) is 0 Å². The van der Waals surface area contributed by atoms with Gasteiger partial charge in [0.2, 0.25) is 0 Å². The highest BCUT2D eigenvalue weighted by Gasteiger charge is 2.02. The molecule has 0 aliphatic heterocycles. The summed E-state index contributed by atoms with van der Waals surface area (Å²) in [7, 11) is 0. The van der Waals surface area contributed by atoms with Crippen LogP contribution in [0, 0.1) is 5.82 Å². The van der Waals surface area contributed by atoms with Crippen molar-refractivity contribution in [2.24, 2.45) is 0 Å². The zero-order valence-electron chi connectivity index (χ0n) is 8.41. The molecule has 0 aromatic heterocycles. The fraction of sp³-hybridized carbons (Fsp3) is 0.455. The Bertz CT molecular complexity index is 260. The molecule has 0 saturated carbocycles. The minimum atomic E-state index is -0.181. The van der Waals surface area contributed by atoms with E-state index in [1.54, 1.807) is 0 Å². The van der Waals surface area contributed by atoms with E-state index in [-0.39, 0.29) is 5.82 Å². The standard InChI is InChI=1S/C11H16FNS/c1-2-13(8-3-9-14)11-6-4-10(12)5-7-11/h4-7,14H,2-3,8-9H2,1H3. The smallest absolute Gasteiger partial charge is 0.123 e. The van der Waals surface area contributed by atoms with Gasteiger partial charge in [-0.1, -0.05) is 0 Å². The number of nitrogens with zero attached hydrogens (tertiary/aromatic N) is 1. The SMILES string of the molecule is CCN(CCCS)c1ccc(F)cc1. The summed E-state index contributed by atoms with van der Waals surface area (Å²) in [5, 5.41) is 0. The van der Waals surface area contributed by atoms with Gasteiger partial charge in [0.05, 0.1) is 0 Å². The zero-order valence-corrected chi connectivity index (χ0v) is 9.30. The molecule has 0 radical (unpaired) electrons. The predicted molar refractivity (Wildman–Crippen MR) is 62.8 cm³/mol. The third-order valence-corrected chi connectivity index (χ3v) is 2.48. The van der Waals surface area contributed by atoms with Gasteiger partial charge in [-0.25, -0.2) is 4.39 Å². The van der Waals surface area contributed by atoms with Crippen LogP contribution in [0.25, 0.3) is 0 Å². The maximum atomic E-state index is 12.7. The van der Waals surface area contributed by atoms with Crippen molar-refractivity contribution in [2.75, 3.05) is 23.7 Å². The van der Waals surface area contributed by atoms with Crippen molar-refractivity contribution < 1.29 is 4.39 Å². The molecule has 0 bridgehead atoms. The Labute approximate surface area is 90.3 Å². The molecule has 0 amide bonds. The second-order valence-corrected chi connectivity index (χ2v) is 3.58. The Morgan fingerprint density at radius 1 is 1.29 bits per heavy atom. The average molecular weight is 213 g/mol. The molecule has 0 atom stereocenters. The Balaban J connectivity index is 2.64. The number of anilines is 1. The molecule has 1 aromatic rings. The van der Waals surface area contributed by atoms with Crippen molar-refractivity contribution in [3.63, 3.8) is 0 Å². The van der Waals surface area contributed by atoms with Crippen LogP contribution in [0.4, 0.5) is 10.1 Å². The van der Waals surface area contributed by atoms with E-state index in [9.17, 15) is 4.39 Å². The quantitative estimate of drug-likeness (QED) is 0.736. The molecular weight excluding hydrogens is 197 g/mol. The van der Waals surface area contributed by atoms with E-state index in [0.717, 1.165) is 31.0 Å². The van der Waals surface area contributed by atoms with E-state index < -0.39 is 0 Å². The topological polar surface area (TPSA) is 3.24 Å². The summed E-state index contributed by atoms with van der Waals surface area (Å²) in [6, 6.07) is 6.63. The molecule has 3 heteroatoms. The van der Waals surface area contributed by atoms with Crippen LogP contribution in [0.3, 0.4) is 0 Å². The highest BCUT2D eigenvalue weighted by molar-refractivity contribution is 7.80. The van der Waals surface area contributed by atoms with Crippen molar-refractivity contribution in [1.29, 1.82) is 0 Å². The maximum absolute atomic E-state index is 12.7. The molecule has 0 saturated heterocycles. The van der Waals surface area contributed by atoms with Crippen molar-refractivity contribution in [1.82, 2.24) is 0 Å². The van der Waals surface area contributed by atoms with Gasteiger partial charge in [0.25, 0.3) is 0 Å². The summed E-state index contributed by atoms with van der Waals surface area (Å²) in [4.78, 5) is 2.22. The van der Waals surface area contributed by atoms with E-state index >= 15 is 0 Å². The second-order valence-electron chi connectivity index (χ2n) is 3.13. The van der Waals surface area contributed by atoms with Gasteiger partial charge in [-0.15, -0.1) is 0 Å². The number of thiol groups is 1. The van der Waals surface area contributed by atoms with Crippen LogP contribution >= 0.6 is 12.6 Å². The Hall–Kier alpha value is -0.700. The van der Waals surface area contributed by atoms with Crippen molar-refractivity contribution in [3.05, 3.63) is 30.1 Å². The van der Waals surface area contributed by atoms with E-state index in [4.69, 9.17) is 0 Å². The number of rotatable bonds is 5. The summed E-state index contributed by atoms with van der Waals surface area (Å²) in [5.74, 6) is 0.705. The van der Waals surface area contributed by atoms with Crippen LogP contribution in [-0.4, -0.2) is 18.8 Å². The molecule has 0 unspecified atom stereocenters. The first-order valence-electron chi connectivity index (χ1n) is 4.89. The highest BCUT2D eigenvalue weighted by Crippen LogP contribution is 2.14. The van der Waals surface area contributed by atoms with Crippen LogP contribution in [0.1, 0.15) is 13.3 Å². The molecule has 1 nitrogen and oxygen atoms in total. The number of halogens is 1. The lowest BCUT2D eigenvalue weighted by atomic mass is 10.2. The van der Waals surface area contributed by atoms with Gasteiger partial charge < -0.3 is 4.90 Å². The molecule has 0 heterocycles. The zero-order chi connectivity index (χ0) is 10.4. The second kappa shape index (κ2) is 5.91. The lowest BCUT2D eigenvalue weighted by Crippen LogP contribution is -2.24. The first-order valence-corrected chi connectivity index (χ1v) is 5.52. The molecule has 1 rings (SSSR count). The molecule has 0 N–H and O–H groups in total. The fourth-order valence-corrected chi connectivity index (χ4v) is 1.52. The first-order chi connectivity index (χ1) is 6.77. The van der Waals surface area contributed by atoms with Gasteiger partial charge in [-0.05, 0) is 43.4 Å². The van der Waals surface area contributed by atoms with Crippen LogP contribution in [0.15, 0.2) is 24.3 Å². The summed E-state index contributed by atoms with van der Waals surface area (Å²) in [6.07, 6.45) is 1.05. The normalized spacial score (nSPS) is 10.2. The van der Waals surface area contributed by atoms with E-state index in [1.807, 2.05) is 12.1 Å². The largest absolute Gasteiger partial charge is 0.372 e. The minimum Gasteiger partial charge on any atom is -0.372 e. The Morgan fingerprint density at radius 2 is 1.93 bits per heavy atom. The molecule has 0 aliphatic carbocycles. The Kier molecular flexibility index (Phi) is 4.80. The number of hydrogen-bond donors (Lipinski definition) is 1. The van der Waals surface area contributed by atoms with Crippen LogP contribution < -0.4 is 4.90 Å². The van der Waals surface area contributed by atoms with Gasteiger partial charge in [-0.2, -0.15) is 12.6 Å². The third-order valence-electron chi connectivity index (χ3n) is 2.16. The molecule has 1 aromatic carbocycles. The van der Waals surface area contributed by atoms with Gasteiger partial charge in [0, 0.05) is 18.8 Å². The van der Waals surface area contributed by atoms with Crippen LogP contribution in [0.5, 0.6) is 0 Å². The summed E-state index contributed by atoms with van der Waals surface area (Å²) >= 11 is 4.18. The van der Waals surface area contributed by atoms with Crippen LogP contribution in [0.2, 0.25) is 0 Å². The van der Waals surface area contributed by atoms with Gasteiger partial charge in [0.1, 0.15) is 5.82 Å². The minimum absolute atomic E-state index is 0.181. The summed E-state index contributed by atoms with van der Waals surface area (Å²) in [6.45, 7) is 4.02. The first kappa shape index (κ1) is 11.4. The van der Waals surface area contributed by atoms with E-state index in [2.05, 4.69) is 24.5 Å². The van der Waals surface area contributed by atoms with Crippen molar-refractivity contribution in [2.45, 2.75) is 13.3 Å². The van der Waals surface area contributed by atoms with Crippen molar-refractivity contribution in [3.8, 4) is 0 Å². The fourth-order valence-electron chi connectivity index (χ4n) is 1.38. The van der Waals surface area contributed by atoms with Gasteiger partial charge >= 0.3 is 0 Å². The molecule has 0 fully saturated rings. The number of hydrogen-bond acceptors (Lipinski definition) is 2. The summed E-state index contributed by atoms with van der Waals surface area (Å²) in [5.41, 5.74) is 1.08. The predicted octanol–water partition coefficient (Wildman–Crippen LogP) is 2.97. The highest BCUT2D eigenvalue weighted by atomic mass is 32.1. The molecule has 0 aliphatic rings. The lowest BCUT2D eigenvalue weighted by molar-refractivity contribution is 0.627. The van der Waals surface area contributed by atoms with Gasteiger partial charge in [-0.3, -0.25) is 0 Å². The summed E-state index contributed by atoms with van der Waals surface area (Å²) < 4.78 is 12.7. The molecule has 14 heavy (non-hydrogen) atoms. The van der Waals surface area contributed by atoms with Gasteiger partial charge in [0.15, 0.2) is 0 Å². The van der Waals surface area contributed by atoms with Crippen molar-refractivity contribution >= 4 is 18.3 Å². The molecule has 0 spiro atoms. The van der Waals surface area contributed by atoms with E-state index in [1.165, 1.54) is 12.1 Å². The Morgan fingerprint density at radius 3 is 2.43 bits per heavy atom. The monoisotopic (exact) mass is 213 g/mol. The molecule has 78 valence electrons. The van der Waals surface area contributed by atoms with Crippen LogP contribution in [-0.2, 0) is 0 Å². The maximum Gasteiger partial charge on any atom is 0.123 e. The number of benzene rings is 1.